The Hall–Kier alpha value is -0.890. The average Bonchev–Trinajstić information content (AvgIpc) is 2.48. The molecule has 0 atom stereocenters. The molecule has 3 heteroatoms. The monoisotopic (exact) mass is 310 g/mol. The molecule has 0 N–H and O–H groups in total. The molecule has 1 saturated carbocycles. The van der Waals surface area contributed by atoms with Gasteiger partial charge in [0.2, 0.25) is 0 Å². The Balaban J connectivity index is 1.91. The van der Waals surface area contributed by atoms with E-state index in [2.05, 4.69) is 6.92 Å². The zero-order chi connectivity index (χ0) is 15.2. The molecule has 0 aliphatic heterocycles. The highest BCUT2D eigenvalue weighted by atomic mass is 35.5. The van der Waals surface area contributed by atoms with Crippen molar-refractivity contribution >= 4 is 16.8 Å². The van der Waals surface area contributed by atoms with E-state index in [0.29, 0.717) is 5.92 Å². The highest BCUT2D eigenvalue weighted by Gasteiger charge is 2.24. The maximum absolute atomic E-state index is 14.1. The van der Waals surface area contributed by atoms with Crippen LogP contribution in [0.25, 0.3) is 0 Å². The number of hydrogen-bond acceptors (Lipinski definition) is 1. The number of unbranched alkanes of at least 4 members (excludes halogenated alkanes) is 2. The molecule has 0 spiro atoms. The van der Waals surface area contributed by atoms with Crippen molar-refractivity contribution in [1.29, 1.82) is 0 Å². The van der Waals surface area contributed by atoms with Crippen molar-refractivity contribution in [3.8, 4) is 0 Å². The van der Waals surface area contributed by atoms with Crippen LogP contribution in [0.5, 0.6) is 0 Å². The molecule has 1 aromatic carbocycles. The Kier molecular flexibility index (Phi) is 6.22. The second-order valence-electron chi connectivity index (χ2n) is 6.22. The molecule has 0 aromatic heterocycles. The molecule has 1 nitrogen and oxygen atoms in total. The van der Waals surface area contributed by atoms with E-state index in [9.17, 15) is 9.18 Å². The van der Waals surface area contributed by atoms with Crippen molar-refractivity contribution in [1.82, 2.24) is 0 Å². The Labute approximate surface area is 131 Å². The van der Waals surface area contributed by atoms with Crippen LogP contribution in [0.15, 0.2) is 18.2 Å². The zero-order valence-electron chi connectivity index (χ0n) is 12.7. The molecular formula is C18H24ClFO. The van der Waals surface area contributed by atoms with Gasteiger partial charge in [-0.15, -0.1) is 0 Å². The summed E-state index contributed by atoms with van der Waals surface area (Å²) in [7, 11) is 0. The normalized spacial score (nSPS) is 22.2. The van der Waals surface area contributed by atoms with E-state index in [1.54, 1.807) is 12.1 Å². The van der Waals surface area contributed by atoms with Gasteiger partial charge >= 0.3 is 0 Å². The van der Waals surface area contributed by atoms with E-state index in [1.807, 2.05) is 0 Å². The number of benzene rings is 1. The summed E-state index contributed by atoms with van der Waals surface area (Å²) in [5, 5.41) is -0.597. The summed E-state index contributed by atoms with van der Waals surface area (Å²) in [6, 6.07) is 4.66. The third-order valence-corrected chi connectivity index (χ3v) is 4.95. The van der Waals surface area contributed by atoms with Gasteiger partial charge in [-0.3, -0.25) is 4.79 Å². The molecule has 1 aliphatic rings. The van der Waals surface area contributed by atoms with Crippen LogP contribution in [0, 0.1) is 11.7 Å². The van der Waals surface area contributed by atoms with E-state index in [4.69, 9.17) is 11.6 Å². The van der Waals surface area contributed by atoms with Gasteiger partial charge in [-0.25, -0.2) is 4.39 Å². The summed E-state index contributed by atoms with van der Waals surface area (Å²) in [5.41, 5.74) is 0.995. The van der Waals surface area contributed by atoms with Gasteiger partial charge in [0, 0.05) is 5.56 Å². The van der Waals surface area contributed by atoms with E-state index >= 15 is 0 Å². The smallest absolute Gasteiger partial charge is 0.252 e. The van der Waals surface area contributed by atoms with Crippen molar-refractivity contribution in [3.63, 3.8) is 0 Å². The van der Waals surface area contributed by atoms with E-state index in [-0.39, 0.29) is 11.4 Å². The van der Waals surface area contributed by atoms with Gasteiger partial charge < -0.3 is 0 Å². The molecular weight excluding hydrogens is 287 g/mol. The minimum absolute atomic E-state index is 0.242. The second-order valence-corrected chi connectivity index (χ2v) is 6.57. The van der Waals surface area contributed by atoms with Gasteiger partial charge in [-0.2, -0.15) is 0 Å². The fourth-order valence-corrected chi connectivity index (χ4v) is 3.54. The Morgan fingerprint density at radius 1 is 1.24 bits per heavy atom. The van der Waals surface area contributed by atoms with Gasteiger partial charge in [-0.1, -0.05) is 38.7 Å². The van der Waals surface area contributed by atoms with Gasteiger partial charge in [0.15, 0.2) is 0 Å². The first kappa shape index (κ1) is 16.5. The van der Waals surface area contributed by atoms with Gasteiger partial charge in [-0.05, 0) is 66.8 Å². The molecule has 1 aliphatic carbocycles. The molecule has 1 aromatic rings. The van der Waals surface area contributed by atoms with Crippen LogP contribution in [0.4, 0.5) is 4.39 Å². The highest BCUT2D eigenvalue weighted by Crippen LogP contribution is 2.38. The summed E-state index contributed by atoms with van der Waals surface area (Å²) in [6.07, 6.45) is 9.75. The topological polar surface area (TPSA) is 17.1 Å². The minimum Gasteiger partial charge on any atom is -0.276 e. The Morgan fingerprint density at radius 3 is 2.52 bits per heavy atom. The molecule has 0 bridgehead atoms. The number of carbonyl (C=O) groups excluding carboxylic acids is 1. The van der Waals surface area contributed by atoms with E-state index < -0.39 is 5.24 Å². The number of halogens is 2. The van der Waals surface area contributed by atoms with Crippen molar-refractivity contribution < 1.29 is 9.18 Å². The van der Waals surface area contributed by atoms with Gasteiger partial charge in [0.05, 0.1) is 0 Å². The number of hydrogen-bond donors (Lipinski definition) is 0. The lowest BCUT2D eigenvalue weighted by Gasteiger charge is -2.29. The van der Waals surface area contributed by atoms with Crippen LogP contribution in [-0.4, -0.2) is 5.24 Å². The molecule has 0 unspecified atom stereocenters. The van der Waals surface area contributed by atoms with Crippen molar-refractivity contribution in [2.45, 2.75) is 64.2 Å². The third-order valence-electron chi connectivity index (χ3n) is 4.73. The van der Waals surface area contributed by atoms with Crippen molar-refractivity contribution in [3.05, 3.63) is 35.1 Å². The van der Waals surface area contributed by atoms with E-state index in [0.717, 1.165) is 24.3 Å². The van der Waals surface area contributed by atoms with Crippen LogP contribution >= 0.6 is 11.6 Å². The zero-order valence-corrected chi connectivity index (χ0v) is 13.5. The van der Waals surface area contributed by atoms with Crippen LogP contribution in [0.1, 0.15) is 80.1 Å². The molecule has 0 amide bonds. The predicted molar refractivity (Wildman–Crippen MR) is 85.4 cm³/mol. The van der Waals surface area contributed by atoms with Gasteiger partial charge in [0.1, 0.15) is 5.82 Å². The molecule has 21 heavy (non-hydrogen) atoms. The van der Waals surface area contributed by atoms with Crippen LogP contribution in [0.3, 0.4) is 0 Å². The van der Waals surface area contributed by atoms with Crippen molar-refractivity contribution in [2.24, 2.45) is 5.92 Å². The van der Waals surface area contributed by atoms with Crippen molar-refractivity contribution in [2.75, 3.05) is 0 Å². The third kappa shape index (κ3) is 4.54. The number of rotatable bonds is 6. The first-order valence-corrected chi connectivity index (χ1v) is 8.49. The lowest BCUT2D eigenvalue weighted by molar-refractivity contribution is 0.108. The Bertz CT molecular complexity index is 478. The van der Waals surface area contributed by atoms with Crippen LogP contribution in [-0.2, 0) is 0 Å². The molecule has 0 heterocycles. The Morgan fingerprint density at radius 2 is 1.95 bits per heavy atom. The molecule has 2 rings (SSSR count). The largest absolute Gasteiger partial charge is 0.276 e. The lowest BCUT2D eigenvalue weighted by Crippen LogP contribution is -2.14. The molecule has 116 valence electrons. The fraction of sp³-hybridized carbons (Fsp3) is 0.611. The van der Waals surface area contributed by atoms with Gasteiger partial charge in [0.25, 0.3) is 5.24 Å². The standard InChI is InChI=1S/C18H24ClFO/c1-2-3-4-5-13-6-8-14(9-7-13)16-11-10-15(18(19)21)12-17(16)20/h10-14H,2-9H2,1H3. The summed E-state index contributed by atoms with van der Waals surface area (Å²) in [4.78, 5) is 11.1. The predicted octanol–water partition coefficient (Wildman–Crippen LogP) is 6.06. The SMILES string of the molecule is CCCCCC1CCC(c2ccc(C(=O)Cl)cc2F)CC1. The summed E-state index contributed by atoms with van der Waals surface area (Å²) < 4.78 is 14.1. The molecule has 0 radical (unpaired) electrons. The molecule has 0 saturated heterocycles. The quantitative estimate of drug-likeness (QED) is 0.461. The molecule has 1 fully saturated rings. The van der Waals surface area contributed by atoms with E-state index in [1.165, 1.54) is 44.6 Å². The number of carbonyl (C=O) groups is 1. The van der Waals surface area contributed by atoms with Crippen LogP contribution < -0.4 is 0 Å². The first-order chi connectivity index (χ1) is 10.1. The minimum atomic E-state index is -0.597. The lowest BCUT2D eigenvalue weighted by atomic mass is 9.77. The first-order valence-electron chi connectivity index (χ1n) is 8.11. The fourth-order valence-electron chi connectivity index (χ4n) is 3.43. The van der Waals surface area contributed by atoms with Crippen LogP contribution in [0.2, 0.25) is 0 Å². The maximum Gasteiger partial charge on any atom is 0.252 e. The summed E-state index contributed by atoms with van der Waals surface area (Å²) in [5.74, 6) is 0.836. The average molecular weight is 311 g/mol. The maximum atomic E-state index is 14.1. The summed E-state index contributed by atoms with van der Waals surface area (Å²) >= 11 is 5.39. The second kappa shape index (κ2) is 7.93. The highest BCUT2D eigenvalue weighted by molar-refractivity contribution is 6.67. The summed E-state index contributed by atoms with van der Waals surface area (Å²) in [6.45, 7) is 2.23.